The molecule has 0 aliphatic heterocycles. The first-order valence-corrected chi connectivity index (χ1v) is 6.17. The van der Waals surface area contributed by atoms with Crippen molar-refractivity contribution in [3.63, 3.8) is 0 Å². The fraction of sp³-hybridized carbons (Fsp3) is 0.250. The van der Waals surface area contributed by atoms with E-state index in [1.807, 2.05) is 24.3 Å². The van der Waals surface area contributed by atoms with E-state index in [2.05, 4.69) is 15.9 Å². The molecule has 0 fully saturated rings. The van der Waals surface area contributed by atoms with Crippen LogP contribution < -0.4 is 5.56 Å². The zero-order valence-corrected chi connectivity index (χ0v) is 10.2. The smallest absolute Gasteiger partial charge is 0.251 e. The SMILES string of the molecule is O=c1ccc2ccccc2n1CC(O)CBr. The molecule has 0 aliphatic rings. The van der Waals surface area contributed by atoms with Gasteiger partial charge in [0.05, 0.1) is 18.2 Å². The number of nitrogens with zero attached hydrogens (tertiary/aromatic N) is 1. The summed E-state index contributed by atoms with van der Waals surface area (Å²) in [5.74, 6) is 0. The Morgan fingerprint density at radius 3 is 2.75 bits per heavy atom. The standard InChI is InChI=1S/C12H12BrNO2/c13-7-10(15)8-14-11-4-2-1-3-9(11)5-6-12(14)16/h1-6,10,15H,7-8H2. The molecule has 1 aromatic heterocycles. The van der Waals surface area contributed by atoms with E-state index in [1.54, 1.807) is 10.6 Å². The molecule has 0 spiro atoms. The van der Waals surface area contributed by atoms with E-state index in [0.717, 1.165) is 10.9 Å². The lowest BCUT2D eigenvalue weighted by atomic mass is 10.2. The molecule has 0 saturated heterocycles. The molecule has 1 N–H and O–H groups in total. The van der Waals surface area contributed by atoms with Gasteiger partial charge in [-0.25, -0.2) is 0 Å². The van der Waals surface area contributed by atoms with Gasteiger partial charge in [0, 0.05) is 11.4 Å². The number of halogens is 1. The van der Waals surface area contributed by atoms with Crippen LogP contribution in [0.1, 0.15) is 0 Å². The van der Waals surface area contributed by atoms with Gasteiger partial charge in [-0.3, -0.25) is 4.79 Å². The summed E-state index contributed by atoms with van der Waals surface area (Å²) in [6.45, 7) is 0.311. The van der Waals surface area contributed by atoms with Gasteiger partial charge < -0.3 is 9.67 Å². The van der Waals surface area contributed by atoms with Gasteiger partial charge in [-0.05, 0) is 17.5 Å². The van der Waals surface area contributed by atoms with Crippen molar-refractivity contribution in [3.05, 3.63) is 46.8 Å². The van der Waals surface area contributed by atoms with E-state index in [9.17, 15) is 9.90 Å². The van der Waals surface area contributed by atoms with Gasteiger partial charge in [0.2, 0.25) is 0 Å². The molecule has 1 aromatic carbocycles. The second-order valence-corrected chi connectivity index (χ2v) is 4.30. The van der Waals surface area contributed by atoms with Gasteiger partial charge in [-0.15, -0.1) is 0 Å². The van der Waals surface area contributed by atoms with E-state index in [4.69, 9.17) is 0 Å². The number of aliphatic hydroxyl groups excluding tert-OH is 1. The van der Waals surface area contributed by atoms with Crippen LogP contribution in [0.3, 0.4) is 0 Å². The first-order chi connectivity index (χ1) is 7.72. The van der Waals surface area contributed by atoms with Crippen LogP contribution in [-0.4, -0.2) is 21.1 Å². The zero-order valence-electron chi connectivity index (χ0n) is 8.64. The molecular weight excluding hydrogens is 270 g/mol. The fourth-order valence-corrected chi connectivity index (χ4v) is 1.90. The van der Waals surface area contributed by atoms with Crippen LogP contribution in [0.2, 0.25) is 0 Å². The Kier molecular flexibility index (Phi) is 3.41. The summed E-state index contributed by atoms with van der Waals surface area (Å²) in [6.07, 6.45) is -0.552. The zero-order chi connectivity index (χ0) is 11.5. The largest absolute Gasteiger partial charge is 0.390 e. The van der Waals surface area contributed by atoms with E-state index in [-0.39, 0.29) is 5.56 Å². The van der Waals surface area contributed by atoms with E-state index in [1.165, 1.54) is 6.07 Å². The molecule has 3 nitrogen and oxygen atoms in total. The number of fused-ring (bicyclic) bond motifs is 1. The Hall–Kier alpha value is -1.13. The second-order valence-electron chi connectivity index (χ2n) is 3.65. The maximum Gasteiger partial charge on any atom is 0.251 e. The molecule has 1 unspecified atom stereocenters. The molecule has 2 rings (SSSR count). The van der Waals surface area contributed by atoms with Crippen LogP contribution in [0, 0.1) is 0 Å². The number of alkyl halides is 1. The lowest BCUT2D eigenvalue weighted by Gasteiger charge is -2.12. The number of hydrogen-bond acceptors (Lipinski definition) is 2. The van der Waals surface area contributed by atoms with Crippen LogP contribution >= 0.6 is 15.9 Å². The van der Waals surface area contributed by atoms with Crippen molar-refractivity contribution in [1.29, 1.82) is 0 Å². The van der Waals surface area contributed by atoms with Crippen molar-refractivity contribution in [2.45, 2.75) is 12.6 Å². The Labute approximate surface area is 101 Å². The molecule has 0 bridgehead atoms. The highest BCUT2D eigenvalue weighted by atomic mass is 79.9. The minimum atomic E-state index is -0.552. The average molecular weight is 282 g/mol. The lowest BCUT2D eigenvalue weighted by Crippen LogP contribution is -2.27. The number of aromatic nitrogens is 1. The highest BCUT2D eigenvalue weighted by Crippen LogP contribution is 2.11. The van der Waals surface area contributed by atoms with E-state index >= 15 is 0 Å². The molecule has 4 heteroatoms. The Morgan fingerprint density at radius 2 is 2.00 bits per heavy atom. The normalized spacial score (nSPS) is 12.9. The van der Waals surface area contributed by atoms with Gasteiger partial charge in [0.15, 0.2) is 0 Å². The summed E-state index contributed by atoms with van der Waals surface area (Å²) in [7, 11) is 0. The predicted octanol–water partition coefficient (Wildman–Crippen LogP) is 1.76. The van der Waals surface area contributed by atoms with Crippen LogP contribution in [0.25, 0.3) is 10.9 Å². The average Bonchev–Trinajstić information content (AvgIpc) is 2.32. The number of hydrogen-bond donors (Lipinski definition) is 1. The van der Waals surface area contributed by atoms with Gasteiger partial charge in [0.1, 0.15) is 0 Å². The quantitative estimate of drug-likeness (QED) is 0.872. The Bertz CT molecular complexity index is 550. The Balaban J connectivity index is 2.57. The molecule has 84 valence electrons. The highest BCUT2D eigenvalue weighted by molar-refractivity contribution is 9.09. The number of benzene rings is 1. The summed E-state index contributed by atoms with van der Waals surface area (Å²) in [5, 5.41) is 11.1. The maximum atomic E-state index is 11.7. The lowest BCUT2D eigenvalue weighted by molar-refractivity contribution is 0.179. The van der Waals surface area contributed by atoms with Crippen molar-refractivity contribution in [2.75, 3.05) is 5.33 Å². The minimum absolute atomic E-state index is 0.0845. The van der Waals surface area contributed by atoms with Crippen molar-refractivity contribution in [1.82, 2.24) is 4.57 Å². The highest BCUT2D eigenvalue weighted by Gasteiger charge is 2.07. The first kappa shape index (κ1) is 11.4. The van der Waals surface area contributed by atoms with Crippen LogP contribution in [0.5, 0.6) is 0 Å². The molecule has 1 heterocycles. The number of pyridine rings is 1. The maximum absolute atomic E-state index is 11.7. The van der Waals surface area contributed by atoms with Gasteiger partial charge >= 0.3 is 0 Å². The van der Waals surface area contributed by atoms with E-state index < -0.39 is 6.10 Å². The van der Waals surface area contributed by atoms with Gasteiger partial charge in [-0.2, -0.15) is 0 Å². The van der Waals surface area contributed by atoms with E-state index in [0.29, 0.717) is 11.9 Å². The summed E-state index contributed by atoms with van der Waals surface area (Å²) >= 11 is 3.20. The molecule has 16 heavy (non-hydrogen) atoms. The van der Waals surface area contributed by atoms with Crippen LogP contribution in [-0.2, 0) is 6.54 Å². The minimum Gasteiger partial charge on any atom is -0.390 e. The molecule has 0 saturated carbocycles. The number of rotatable bonds is 3. The van der Waals surface area contributed by atoms with Crippen molar-refractivity contribution in [2.24, 2.45) is 0 Å². The summed E-state index contributed by atoms with van der Waals surface area (Å²) in [5.41, 5.74) is 0.772. The van der Waals surface area contributed by atoms with Crippen molar-refractivity contribution >= 4 is 26.8 Å². The fourth-order valence-electron chi connectivity index (χ4n) is 1.69. The Morgan fingerprint density at radius 1 is 1.25 bits per heavy atom. The third kappa shape index (κ3) is 2.18. The van der Waals surface area contributed by atoms with Crippen LogP contribution in [0.15, 0.2) is 41.2 Å². The van der Waals surface area contributed by atoms with Crippen molar-refractivity contribution in [3.8, 4) is 0 Å². The summed E-state index contributed by atoms with van der Waals surface area (Å²) in [6, 6.07) is 11.0. The number of para-hydroxylation sites is 1. The molecular formula is C12H12BrNO2. The molecule has 1 atom stereocenters. The van der Waals surface area contributed by atoms with Gasteiger partial charge in [0.25, 0.3) is 5.56 Å². The summed E-state index contributed by atoms with van der Waals surface area (Å²) in [4.78, 5) is 11.7. The third-order valence-electron chi connectivity index (χ3n) is 2.47. The summed E-state index contributed by atoms with van der Waals surface area (Å²) < 4.78 is 1.60. The molecule has 0 radical (unpaired) electrons. The second kappa shape index (κ2) is 4.80. The monoisotopic (exact) mass is 281 g/mol. The van der Waals surface area contributed by atoms with Gasteiger partial charge in [-0.1, -0.05) is 34.1 Å². The third-order valence-corrected chi connectivity index (χ3v) is 3.22. The number of aliphatic hydroxyl groups is 1. The molecule has 2 aromatic rings. The topological polar surface area (TPSA) is 42.2 Å². The van der Waals surface area contributed by atoms with Crippen molar-refractivity contribution < 1.29 is 5.11 Å². The van der Waals surface area contributed by atoms with Crippen LogP contribution in [0.4, 0.5) is 0 Å². The molecule has 0 amide bonds. The molecule has 0 aliphatic carbocycles. The first-order valence-electron chi connectivity index (χ1n) is 5.05. The predicted molar refractivity (Wildman–Crippen MR) is 68.0 cm³/mol.